The van der Waals surface area contributed by atoms with Crippen molar-refractivity contribution in [2.24, 2.45) is 0 Å². The molecule has 0 radical (unpaired) electrons. The molecule has 4 heterocycles. The van der Waals surface area contributed by atoms with E-state index in [1.807, 2.05) is 24.5 Å². The Kier molecular flexibility index (Phi) is 3.37. The van der Waals surface area contributed by atoms with Crippen molar-refractivity contribution in [1.29, 1.82) is 0 Å². The highest BCUT2D eigenvalue weighted by Crippen LogP contribution is 2.37. The van der Waals surface area contributed by atoms with Crippen molar-refractivity contribution in [3.05, 3.63) is 60.7 Å². The number of hydrogen-bond donors (Lipinski definition) is 1. The quantitative estimate of drug-likeness (QED) is 0.598. The SMILES string of the molecule is c1cncc(C2CCCCN2c2ncnc3c2[nH]c2ccccc23)c1. The van der Waals surface area contributed by atoms with Crippen molar-refractivity contribution in [2.45, 2.75) is 25.3 Å². The molecule has 1 unspecified atom stereocenters. The normalized spacial score (nSPS) is 18.1. The molecule has 0 saturated carbocycles. The molecule has 1 aliphatic heterocycles. The van der Waals surface area contributed by atoms with E-state index < -0.39 is 0 Å². The van der Waals surface area contributed by atoms with Gasteiger partial charge in [-0.05, 0) is 37.0 Å². The minimum Gasteiger partial charge on any atom is -0.350 e. The fourth-order valence-electron chi connectivity index (χ4n) is 3.95. The molecule has 1 atom stereocenters. The second-order valence-electron chi connectivity index (χ2n) is 6.58. The number of para-hydroxylation sites is 1. The highest BCUT2D eigenvalue weighted by Gasteiger charge is 2.27. The van der Waals surface area contributed by atoms with E-state index >= 15 is 0 Å². The van der Waals surface area contributed by atoms with E-state index in [0.29, 0.717) is 6.04 Å². The number of fused-ring (bicyclic) bond motifs is 3. The van der Waals surface area contributed by atoms with Gasteiger partial charge in [0.2, 0.25) is 0 Å². The van der Waals surface area contributed by atoms with Gasteiger partial charge in [0.15, 0.2) is 5.82 Å². The number of nitrogens with zero attached hydrogens (tertiary/aromatic N) is 4. The Morgan fingerprint density at radius 3 is 2.92 bits per heavy atom. The first kappa shape index (κ1) is 14.4. The van der Waals surface area contributed by atoms with Gasteiger partial charge in [-0.2, -0.15) is 0 Å². The molecule has 25 heavy (non-hydrogen) atoms. The molecule has 3 aromatic heterocycles. The molecule has 5 heteroatoms. The first-order valence-electron chi connectivity index (χ1n) is 8.80. The average molecular weight is 329 g/mol. The van der Waals surface area contributed by atoms with Gasteiger partial charge >= 0.3 is 0 Å². The van der Waals surface area contributed by atoms with Crippen LogP contribution in [0, 0.1) is 0 Å². The molecule has 5 nitrogen and oxygen atoms in total. The molecular weight excluding hydrogens is 310 g/mol. The summed E-state index contributed by atoms with van der Waals surface area (Å²) in [6, 6.07) is 12.8. The summed E-state index contributed by atoms with van der Waals surface area (Å²) in [5, 5.41) is 1.15. The maximum absolute atomic E-state index is 4.66. The monoisotopic (exact) mass is 329 g/mol. The molecule has 1 aromatic carbocycles. The van der Waals surface area contributed by atoms with Crippen LogP contribution in [-0.2, 0) is 0 Å². The number of benzene rings is 1. The maximum atomic E-state index is 4.66. The van der Waals surface area contributed by atoms with E-state index in [9.17, 15) is 0 Å². The number of aromatic nitrogens is 4. The fourth-order valence-corrected chi connectivity index (χ4v) is 3.95. The first-order valence-corrected chi connectivity index (χ1v) is 8.80. The van der Waals surface area contributed by atoms with Gasteiger partial charge in [0.05, 0.1) is 6.04 Å². The number of anilines is 1. The summed E-state index contributed by atoms with van der Waals surface area (Å²) < 4.78 is 0. The minimum atomic E-state index is 0.312. The van der Waals surface area contributed by atoms with E-state index in [2.05, 4.69) is 49.1 Å². The number of nitrogens with one attached hydrogen (secondary N) is 1. The summed E-state index contributed by atoms with van der Waals surface area (Å²) in [7, 11) is 0. The lowest BCUT2D eigenvalue weighted by Gasteiger charge is -2.36. The molecule has 0 spiro atoms. The zero-order valence-corrected chi connectivity index (χ0v) is 13.9. The van der Waals surface area contributed by atoms with Crippen molar-refractivity contribution < 1.29 is 0 Å². The number of rotatable bonds is 2. The van der Waals surface area contributed by atoms with Crippen LogP contribution in [0.3, 0.4) is 0 Å². The number of aromatic amines is 1. The zero-order valence-electron chi connectivity index (χ0n) is 13.9. The number of piperidine rings is 1. The van der Waals surface area contributed by atoms with Crippen LogP contribution in [0.2, 0.25) is 0 Å². The van der Waals surface area contributed by atoms with Crippen LogP contribution in [0.5, 0.6) is 0 Å². The third-order valence-electron chi connectivity index (χ3n) is 5.11. The second kappa shape index (κ2) is 5.84. The van der Waals surface area contributed by atoms with Crippen molar-refractivity contribution in [3.8, 4) is 0 Å². The number of pyridine rings is 1. The molecule has 1 aliphatic rings. The van der Waals surface area contributed by atoms with Crippen molar-refractivity contribution in [2.75, 3.05) is 11.4 Å². The van der Waals surface area contributed by atoms with Gasteiger partial charge in [0.25, 0.3) is 0 Å². The third kappa shape index (κ3) is 2.35. The topological polar surface area (TPSA) is 57.7 Å². The van der Waals surface area contributed by atoms with E-state index in [0.717, 1.165) is 40.7 Å². The Balaban J connectivity index is 1.68. The molecule has 1 fully saturated rings. The van der Waals surface area contributed by atoms with Gasteiger partial charge in [0.1, 0.15) is 17.4 Å². The van der Waals surface area contributed by atoms with Gasteiger partial charge < -0.3 is 9.88 Å². The fraction of sp³-hybridized carbons (Fsp3) is 0.250. The van der Waals surface area contributed by atoms with E-state index in [1.54, 1.807) is 6.33 Å². The van der Waals surface area contributed by atoms with Crippen molar-refractivity contribution >= 4 is 27.8 Å². The Morgan fingerprint density at radius 2 is 2.00 bits per heavy atom. The summed E-state index contributed by atoms with van der Waals surface area (Å²) in [5.74, 6) is 0.995. The van der Waals surface area contributed by atoms with Crippen LogP contribution in [0.1, 0.15) is 30.9 Å². The summed E-state index contributed by atoms with van der Waals surface area (Å²) in [6.07, 6.45) is 9.04. The number of H-pyrrole nitrogens is 1. The van der Waals surface area contributed by atoms with Crippen LogP contribution in [0.25, 0.3) is 21.9 Å². The predicted molar refractivity (Wildman–Crippen MR) is 99.6 cm³/mol. The summed E-state index contributed by atoms with van der Waals surface area (Å²) >= 11 is 0. The van der Waals surface area contributed by atoms with Gasteiger partial charge in [0, 0.05) is 29.8 Å². The van der Waals surface area contributed by atoms with Gasteiger partial charge in [-0.3, -0.25) is 4.98 Å². The van der Waals surface area contributed by atoms with Gasteiger partial charge in [-0.1, -0.05) is 24.3 Å². The van der Waals surface area contributed by atoms with Gasteiger partial charge in [-0.25, -0.2) is 9.97 Å². The van der Waals surface area contributed by atoms with Crippen LogP contribution in [0.15, 0.2) is 55.1 Å². The maximum Gasteiger partial charge on any atom is 0.156 e. The molecule has 0 amide bonds. The summed E-state index contributed by atoms with van der Waals surface area (Å²) in [6.45, 7) is 1.00. The molecule has 0 aliphatic carbocycles. The largest absolute Gasteiger partial charge is 0.350 e. The highest BCUT2D eigenvalue weighted by atomic mass is 15.2. The van der Waals surface area contributed by atoms with Crippen LogP contribution < -0.4 is 4.90 Å². The zero-order chi connectivity index (χ0) is 16.6. The Hall–Kier alpha value is -2.95. The lowest BCUT2D eigenvalue weighted by molar-refractivity contribution is 0.469. The molecule has 1 saturated heterocycles. The Bertz CT molecular complexity index is 1020. The average Bonchev–Trinajstić information content (AvgIpc) is 3.07. The first-order chi connectivity index (χ1) is 12.4. The highest BCUT2D eigenvalue weighted by molar-refractivity contribution is 6.08. The Morgan fingerprint density at radius 1 is 1.04 bits per heavy atom. The molecule has 124 valence electrons. The Labute approximate surface area is 145 Å². The lowest BCUT2D eigenvalue weighted by atomic mass is 9.96. The van der Waals surface area contributed by atoms with E-state index in [4.69, 9.17) is 0 Å². The van der Waals surface area contributed by atoms with Gasteiger partial charge in [-0.15, -0.1) is 0 Å². The predicted octanol–water partition coefficient (Wildman–Crippen LogP) is 4.24. The molecular formula is C20H19N5. The summed E-state index contributed by atoms with van der Waals surface area (Å²) in [4.78, 5) is 19.5. The third-order valence-corrected chi connectivity index (χ3v) is 5.11. The minimum absolute atomic E-state index is 0.312. The van der Waals surface area contributed by atoms with E-state index in [-0.39, 0.29) is 0 Å². The van der Waals surface area contributed by atoms with Crippen molar-refractivity contribution in [3.63, 3.8) is 0 Å². The molecule has 1 N–H and O–H groups in total. The van der Waals surface area contributed by atoms with E-state index in [1.165, 1.54) is 18.4 Å². The second-order valence-corrected chi connectivity index (χ2v) is 6.58. The van der Waals surface area contributed by atoms with Crippen LogP contribution in [-0.4, -0.2) is 26.5 Å². The smallest absolute Gasteiger partial charge is 0.156 e. The molecule has 4 aromatic rings. The number of hydrogen-bond acceptors (Lipinski definition) is 4. The molecule has 5 rings (SSSR count). The van der Waals surface area contributed by atoms with Crippen molar-refractivity contribution in [1.82, 2.24) is 19.9 Å². The summed E-state index contributed by atoms with van der Waals surface area (Å²) in [5.41, 5.74) is 4.38. The standard InChI is InChI=1S/C20H19N5/c1-2-8-16-15(7-1)18-19(24-16)20(23-13-22-18)25-11-4-3-9-17(25)14-6-5-10-21-12-14/h1-2,5-8,10,12-13,17,24H,3-4,9,11H2. The molecule has 0 bridgehead atoms. The van der Waals surface area contributed by atoms with Crippen LogP contribution in [0.4, 0.5) is 5.82 Å². The lowest BCUT2D eigenvalue weighted by Crippen LogP contribution is -2.34. The van der Waals surface area contributed by atoms with Crippen LogP contribution >= 0.6 is 0 Å².